The average molecular weight is 182 g/mol. The molecule has 1 fully saturated rings. The van der Waals surface area contributed by atoms with Gasteiger partial charge >= 0.3 is 6.18 Å². The van der Waals surface area contributed by atoms with E-state index in [4.69, 9.17) is 5.73 Å². The molecule has 0 radical (unpaired) electrons. The molecule has 72 valence electrons. The van der Waals surface area contributed by atoms with Gasteiger partial charge < -0.3 is 5.73 Å². The van der Waals surface area contributed by atoms with E-state index < -0.39 is 12.2 Å². The summed E-state index contributed by atoms with van der Waals surface area (Å²) in [6, 6.07) is -1.32. The molecule has 1 rings (SSSR count). The normalized spacial score (nSPS) is 23.8. The van der Waals surface area contributed by atoms with Crippen LogP contribution in [-0.4, -0.2) is 36.8 Å². The Bertz CT molecular complexity index is 151. The van der Waals surface area contributed by atoms with Crippen molar-refractivity contribution in [2.24, 2.45) is 11.7 Å². The van der Waals surface area contributed by atoms with Gasteiger partial charge in [-0.25, -0.2) is 0 Å². The molecule has 1 aliphatic rings. The molecular weight excluding hydrogens is 169 g/mol. The summed E-state index contributed by atoms with van der Waals surface area (Å²) in [7, 11) is 0. The van der Waals surface area contributed by atoms with Gasteiger partial charge in [0.25, 0.3) is 0 Å². The molecule has 0 bridgehead atoms. The minimum Gasteiger partial charge on any atom is -0.330 e. The van der Waals surface area contributed by atoms with Crippen molar-refractivity contribution in [2.45, 2.75) is 19.1 Å². The Morgan fingerprint density at radius 3 is 2.33 bits per heavy atom. The molecule has 2 N–H and O–H groups in total. The molecule has 5 heteroatoms. The van der Waals surface area contributed by atoms with E-state index in [1.165, 1.54) is 11.8 Å². The highest BCUT2D eigenvalue weighted by Crippen LogP contribution is 2.29. The van der Waals surface area contributed by atoms with Crippen LogP contribution < -0.4 is 5.73 Å². The molecule has 0 amide bonds. The number of hydrogen-bond donors (Lipinski definition) is 1. The summed E-state index contributed by atoms with van der Waals surface area (Å²) in [6.07, 6.45) is -4.10. The fraction of sp³-hybridized carbons (Fsp3) is 1.00. The largest absolute Gasteiger partial charge is 0.403 e. The van der Waals surface area contributed by atoms with Crippen molar-refractivity contribution in [1.82, 2.24) is 4.90 Å². The molecule has 1 atom stereocenters. The molecule has 2 nitrogen and oxygen atoms in total. The Morgan fingerprint density at radius 2 is 2.00 bits per heavy atom. The molecule has 12 heavy (non-hydrogen) atoms. The molecular formula is C7H13F3N2. The minimum atomic E-state index is -4.10. The number of nitrogens with zero attached hydrogens (tertiary/aromatic N) is 1. The van der Waals surface area contributed by atoms with Crippen molar-refractivity contribution in [1.29, 1.82) is 0 Å². The predicted molar refractivity (Wildman–Crippen MR) is 39.6 cm³/mol. The van der Waals surface area contributed by atoms with Gasteiger partial charge in [0.2, 0.25) is 0 Å². The number of rotatable bonds is 2. The standard InChI is InChI=1S/C7H13F3N2/c1-5(7(8,9)10)12-3-6(2-11)4-12/h5-6H,2-4,11H2,1H3/t5-/m0/s1. The van der Waals surface area contributed by atoms with E-state index in [9.17, 15) is 13.2 Å². The van der Waals surface area contributed by atoms with Crippen molar-refractivity contribution < 1.29 is 13.2 Å². The van der Waals surface area contributed by atoms with Crippen LogP contribution in [0.1, 0.15) is 6.92 Å². The zero-order chi connectivity index (χ0) is 9.35. The van der Waals surface area contributed by atoms with Crippen LogP contribution >= 0.6 is 0 Å². The third-order valence-corrected chi connectivity index (χ3v) is 2.34. The summed E-state index contributed by atoms with van der Waals surface area (Å²) in [6.45, 7) is 2.64. The molecule has 0 aliphatic carbocycles. The van der Waals surface area contributed by atoms with Crippen molar-refractivity contribution >= 4 is 0 Å². The Kier molecular flexibility index (Phi) is 2.63. The zero-order valence-electron chi connectivity index (χ0n) is 6.93. The quantitative estimate of drug-likeness (QED) is 0.685. The third-order valence-electron chi connectivity index (χ3n) is 2.34. The van der Waals surface area contributed by atoms with Crippen LogP contribution in [0.25, 0.3) is 0 Å². The van der Waals surface area contributed by atoms with E-state index in [0.29, 0.717) is 19.6 Å². The number of likely N-dealkylation sites (tertiary alicyclic amines) is 1. The van der Waals surface area contributed by atoms with Gasteiger partial charge in [-0.15, -0.1) is 0 Å². The van der Waals surface area contributed by atoms with Crippen LogP contribution in [0.4, 0.5) is 13.2 Å². The van der Waals surface area contributed by atoms with Crippen LogP contribution in [0.5, 0.6) is 0 Å². The molecule has 0 aromatic carbocycles. The first-order chi connectivity index (χ1) is 5.45. The summed E-state index contributed by atoms with van der Waals surface area (Å²) >= 11 is 0. The van der Waals surface area contributed by atoms with Gasteiger partial charge in [-0.1, -0.05) is 0 Å². The lowest BCUT2D eigenvalue weighted by Crippen LogP contribution is -2.57. The molecule has 0 unspecified atom stereocenters. The Hall–Kier alpha value is -0.290. The van der Waals surface area contributed by atoms with Crippen LogP contribution in [0.3, 0.4) is 0 Å². The Labute approximate surface area is 69.5 Å². The van der Waals surface area contributed by atoms with Gasteiger partial charge in [0.15, 0.2) is 0 Å². The van der Waals surface area contributed by atoms with Gasteiger partial charge in [-0.3, -0.25) is 4.90 Å². The smallest absolute Gasteiger partial charge is 0.330 e. The first-order valence-electron chi connectivity index (χ1n) is 3.96. The molecule has 1 aliphatic heterocycles. The van der Waals surface area contributed by atoms with E-state index in [1.807, 2.05) is 0 Å². The molecule has 0 spiro atoms. The molecule has 1 saturated heterocycles. The summed E-state index contributed by atoms with van der Waals surface area (Å²) in [5.74, 6) is 0.259. The fourth-order valence-electron chi connectivity index (χ4n) is 1.28. The highest BCUT2D eigenvalue weighted by atomic mass is 19.4. The van der Waals surface area contributed by atoms with E-state index in [0.717, 1.165) is 0 Å². The van der Waals surface area contributed by atoms with E-state index in [2.05, 4.69) is 0 Å². The first-order valence-corrected chi connectivity index (χ1v) is 3.96. The van der Waals surface area contributed by atoms with Crippen molar-refractivity contribution in [2.75, 3.05) is 19.6 Å². The topological polar surface area (TPSA) is 29.3 Å². The Morgan fingerprint density at radius 1 is 1.50 bits per heavy atom. The second-order valence-electron chi connectivity index (χ2n) is 3.27. The fourth-order valence-corrected chi connectivity index (χ4v) is 1.28. The summed E-state index contributed by atoms with van der Waals surface area (Å²) < 4.78 is 36.2. The summed E-state index contributed by atoms with van der Waals surface area (Å²) in [4.78, 5) is 1.40. The molecule has 0 aromatic rings. The van der Waals surface area contributed by atoms with Crippen LogP contribution in [-0.2, 0) is 0 Å². The monoisotopic (exact) mass is 182 g/mol. The van der Waals surface area contributed by atoms with Gasteiger partial charge in [0.05, 0.1) is 0 Å². The van der Waals surface area contributed by atoms with Crippen molar-refractivity contribution in [3.8, 4) is 0 Å². The summed E-state index contributed by atoms with van der Waals surface area (Å²) in [5, 5.41) is 0. The van der Waals surface area contributed by atoms with Gasteiger partial charge in [-0.2, -0.15) is 13.2 Å². The highest BCUT2D eigenvalue weighted by Gasteiger charge is 2.44. The van der Waals surface area contributed by atoms with Gasteiger partial charge in [0.1, 0.15) is 6.04 Å². The second kappa shape index (κ2) is 3.22. The van der Waals surface area contributed by atoms with E-state index in [1.54, 1.807) is 0 Å². The van der Waals surface area contributed by atoms with E-state index >= 15 is 0 Å². The average Bonchev–Trinajstić information content (AvgIpc) is 1.83. The van der Waals surface area contributed by atoms with Gasteiger partial charge in [0, 0.05) is 13.1 Å². The summed E-state index contributed by atoms with van der Waals surface area (Å²) in [5.41, 5.74) is 5.30. The molecule has 0 aromatic heterocycles. The lowest BCUT2D eigenvalue weighted by molar-refractivity contribution is -0.193. The minimum absolute atomic E-state index is 0.259. The lowest BCUT2D eigenvalue weighted by atomic mass is 9.98. The first kappa shape index (κ1) is 9.80. The predicted octanol–water partition coefficient (Wildman–Crippen LogP) is 0.828. The van der Waals surface area contributed by atoms with Crippen LogP contribution in [0.2, 0.25) is 0 Å². The van der Waals surface area contributed by atoms with E-state index in [-0.39, 0.29) is 5.92 Å². The number of halogens is 3. The van der Waals surface area contributed by atoms with Gasteiger partial charge in [-0.05, 0) is 19.4 Å². The van der Waals surface area contributed by atoms with Crippen molar-refractivity contribution in [3.05, 3.63) is 0 Å². The van der Waals surface area contributed by atoms with Crippen LogP contribution in [0.15, 0.2) is 0 Å². The van der Waals surface area contributed by atoms with Crippen molar-refractivity contribution in [3.63, 3.8) is 0 Å². The van der Waals surface area contributed by atoms with Crippen LogP contribution in [0, 0.1) is 5.92 Å². The number of hydrogen-bond acceptors (Lipinski definition) is 2. The zero-order valence-corrected chi connectivity index (χ0v) is 6.93. The number of nitrogens with two attached hydrogens (primary N) is 1. The molecule has 0 saturated carbocycles. The third kappa shape index (κ3) is 1.90. The lowest BCUT2D eigenvalue weighted by Gasteiger charge is -2.43. The maximum Gasteiger partial charge on any atom is 0.403 e. The maximum absolute atomic E-state index is 12.1. The SMILES string of the molecule is C[C@H](N1CC(CN)C1)C(F)(F)F. The Balaban J connectivity index is 2.33. The number of alkyl halides is 3. The maximum atomic E-state index is 12.1. The highest BCUT2D eigenvalue weighted by molar-refractivity contribution is 4.86. The second-order valence-corrected chi connectivity index (χ2v) is 3.27. The molecule has 1 heterocycles.